The van der Waals surface area contributed by atoms with Crippen molar-refractivity contribution >= 4 is 22.1 Å². The molecule has 0 aliphatic heterocycles. The van der Waals surface area contributed by atoms with Gasteiger partial charge in [0.1, 0.15) is 0 Å². The van der Waals surface area contributed by atoms with Crippen LogP contribution >= 0.6 is 0 Å². The van der Waals surface area contributed by atoms with Gasteiger partial charge in [0.25, 0.3) is 0 Å². The van der Waals surface area contributed by atoms with Crippen LogP contribution in [0.25, 0.3) is 22.2 Å². The van der Waals surface area contributed by atoms with Crippen molar-refractivity contribution in [2.45, 2.75) is 6.42 Å². The fourth-order valence-electron chi connectivity index (χ4n) is 3.55. The van der Waals surface area contributed by atoms with E-state index in [4.69, 9.17) is 9.78 Å². The van der Waals surface area contributed by atoms with Crippen LogP contribution in [-0.4, -0.2) is 10.1 Å². The molecule has 5 aromatic rings. The SMILES string of the molecule is N#Cc1ccc(Nc2ccc(-c3noc(Cc4cccc5ccccc45)n3)cc2)cc1. The minimum absolute atomic E-state index is 0.570. The van der Waals surface area contributed by atoms with E-state index in [1.54, 1.807) is 12.1 Å². The molecule has 0 aliphatic rings. The van der Waals surface area contributed by atoms with Crippen molar-refractivity contribution < 1.29 is 4.52 Å². The maximum Gasteiger partial charge on any atom is 0.231 e. The molecule has 0 bridgehead atoms. The molecule has 0 radical (unpaired) electrons. The minimum atomic E-state index is 0.570. The number of hydrogen-bond acceptors (Lipinski definition) is 5. The van der Waals surface area contributed by atoms with Crippen molar-refractivity contribution in [2.75, 3.05) is 5.32 Å². The Hall–Kier alpha value is -4.43. The molecule has 4 aromatic carbocycles. The van der Waals surface area contributed by atoms with Crippen LogP contribution in [0.5, 0.6) is 0 Å². The van der Waals surface area contributed by atoms with Gasteiger partial charge < -0.3 is 9.84 Å². The van der Waals surface area contributed by atoms with Gasteiger partial charge in [-0.1, -0.05) is 47.6 Å². The number of nitrogens with zero attached hydrogens (tertiary/aromatic N) is 3. The molecule has 1 heterocycles. The molecule has 5 nitrogen and oxygen atoms in total. The average molecular weight is 402 g/mol. The van der Waals surface area contributed by atoms with Crippen molar-refractivity contribution in [1.29, 1.82) is 5.26 Å². The lowest BCUT2D eigenvalue weighted by Gasteiger charge is -2.06. The molecule has 0 saturated carbocycles. The molecule has 0 unspecified atom stereocenters. The van der Waals surface area contributed by atoms with Gasteiger partial charge in [0.05, 0.1) is 18.1 Å². The van der Waals surface area contributed by atoms with Crippen molar-refractivity contribution in [3.8, 4) is 17.5 Å². The topological polar surface area (TPSA) is 74.7 Å². The fourth-order valence-corrected chi connectivity index (χ4v) is 3.55. The van der Waals surface area contributed by atoms with E-state index < -0.39 is 0 Å². The molecule has 1 aromatic heterocycles. The Kier molecular flexibility index (Phi) is 4.88. The lowest BCUT2D eigenvalue weighted by Crippen LogP contribution is -1.91. The normalized spacial score (nSPS) is 10.7. The quantitative estimate of drug-likeness (QED) is 0.385. The highest BCUT2D eigenvalue weighted by atomic mass is 16.5. The lowest BCUT2D eigenvalue weighted by atomic mass is 10.0. The Morgan fingerprint density at radius 1 is 0.806 bits per heavy atom. The van der Waals surface area contributed by atoms with Crippen LogP contribution in [0.15, 0.2) is 95.5 Å². The van der Waals surface area contributed by atoms with Crippen LogP contribution in [-0.2, 0) is 6.42 Å². The summed E-state index contributed by atoms with van der Waals surface area (Å²) in [7, 11) is 0. The summed E-state index contributed by atoms with van der Waals surface area (Å²) < 4.78 is 5.52. The van der Waals surface area contributed by atoms with Gasteiger partial charge in [-0.15, -0.1) is 0 Å². The van der Waals surface area contributed by atoms with E-state index in [2.05, 4.69) is 51.9 Å². The molecule has 0 saturated heterocycles. The second-order valence-electron chi connectivity index (χ2n) is 7.22. The summed E-state index contributed by atoms with van der Waals surface area (Å²) in [5.41, 5.74) is 4.54. The highest BCUT2D eigenvalue weighted by Gasteiger charge is 2.11. The Morgan fingerprint density at radius 2 is 1.52 bits per heavy atom. The maximum atomic E-state index is 8.90. The first kappa shape index (κ1) is 18.6. The molecule has 1 N–H and O–H groups in total. The van der Waals surface area contributed by atoms with Crippen molar-refractivity contribution in [3.63, 3.8) is 0 Å². The van der Waals surface area contributed by atoms with E-state index in [1.165, 1.54) is 10.8 Å². The summed E-state index contributed by atoms with van der Waals surface area (Å²) in [5, 5.41) is 18.8. The second-order valence-corrected chi connectivity index (χ2v) is 7.22. The van der Waals surface area contributed by atoms with Gasteiger partial charge in [-0.05, 0) is 64.9 Å². The predicted octanol–water partition coefficient (Wildman–Crippen LogP) is 6.10. The van der Waals surface area contributed by atoms with E-state index in [0.29, 0.717) is 23.7 Å². The van der Waals surface area contributed by atoms with Gasteiger partial charge in [-0.25, -0.2) is 0 Å². The van der Waals surface area contributed by atoms with Crippen molar-refractivity contribution in [3.05, 3.63) is 108 Å². The van der Waals surface area contributed by atoms with Gasteiger partial charge >= 0.3 is 0 Å². The van der Waals surface area contributed by atoms with Crippen molar-refractivity contribution in [2.24, 2.45) is 0 Å². The van der Waals surface area contributed by atoms with Crippen LogP contribution in [0.1, 0.15) is 17.0 Å². The molecule has 0 aliphatic carbocycles. The van der Waals surface area contributed by atoms with E-state index in [1.807, 2.05) is 48.5 Å². The average Bonchev–Trinajstić information content (AvgIpc) is 3.29. The molecular formula is C26H18N4O. The number of fused-ring (bicyclic) bond motifs is 1. The first-order valence-corrected chi connectivity index (χ1v) is 9.95. The molecular weight excluding hydrogens is 384 g/mol. The lowest BCUT2D eigenvalue weighted by molar-refractivity contribution is 0.386. The molecule has 5 rings (SSSR count). The van der Waals surface area contributed by atoms with Crippen LogP contribution in [0.3, 0.4) is 0 Å². The number of benzene rings is 4. The number of aromatic nitrogens is 2. The maximum absolute atomic E-state index is 8.90. The van der Waals surface area contributed by atoms with E-state index in [0.717, 1.165) is 22.5 Å². The highest BCUT2D eigenvalue weighted by Crippen LogP contribution is 2.24. The van der Waals surface area contributed by atoms with Gasteiger partial charge in [-0.2, -0.15) is 10.2 Å². The highest BCUT2D eigenvalue weighted by molar-refractivity contribution is 5.85. The van der Waals surface area contributed by atoms with Crippen LogP contribution in [0.2, 0.25) is 0 Å². The standard InChI is InChI=1S/C26H18N4O/c27-17-18-8-12-22(13-9-18)28-23-14-10-20(11-15-23)26-29-25(31-30-26)16-21-6-3-5-19-4-1-2-7-24(19)21/h1-15,28H,16H2. The Morgan fingerprint density at radius 3 is 2.29 bits per heavy atom. The monoisotopic (exact) mass is 402 g/mol. The number of nitrogens with one attached hydrogen (secondary N) is 1. The summed E-state index contributed by atoms with van der Waals surface area (Å²) in [5.74, 6) is 1.16. The third kappa shape index (κ3) is 4.00. The largest absolute Gasteiger partial charge is 0.356 e. The van der Waals surface area contributed by atoms with Crippen LogP contribution < -0.4 is 5.32 Å². The number of rotatable bonds is 5. The van der Waals surface area contributed by atoms with E-state index in [-0.39, 0.29) is 0 Å². The molecule has 0 fully saturated rings. The number of anilines is 2. The Bertz CT molecular complexity index is 1370. The van der Waals surface area contributed by atoms with Gasteiger partial charge in [0.15, 0.2) is 0 Å². The molecule has 0 spiro atoms. The fraction of sp³-hybridized carbons (Fsp3) is 0.0385. The molecule has 0 atom stereocenters. The van der Waals surface area contributed by atoms with Gasteiger partial charge in [-0.3, -0.25) is 0 Å². The van der Waals surface area contributed by atoms with Crippen LogP contribution in [0, 0.1) is 11.3 Å². The summed E-state index contributed by atoms with van der Waals surface area (Å²) in [6.07, 6.45) is 0.590. The summed E-state index contributed by atoms with van der Waals surface area (Å²) in [6.45, 7) is 0. The predicted molar refractivity (Wildman–Crippen MR) is 121 cm³/mol. The van der Waals surface area contributed by atoms with Gasteiger partial charge in [0.2, 0.25) is 11.7 Å². The minimum Gasteiger partial charge on any atom is -0.356 e. The van der Waals surface area contributed by atoms with Crippen LogP contribution in [0.4, 0.5) is 11.4 Å². The molecule has 0 amide bonds. The third-order valence-electron chi connectivity index (χ3n) is 5.14. The van der Waals surface area contributed by atoms with E-state index in [9.17, 15) is 0 Å². The van der Waals surface area contributed by atoms with E-state index >= 15 is 0 Å². The van der Waals surface area contributed by atoms with Gasteiger partial charge in [0, 0.05) is 16.9 Å². The molecule has 148 valence electrons. The summed E-state index contributed by atoms with van der Waals surface area (Å²) >= 11 is 0. The Labute approximate surface area is 179 Å². The zero-order chi connectivity index (χ0) is 21.0. The molecule has 31 heavy (non-hydrogen) atoms. The zero-order valence-corrected chi connectivity index (χ0v) is 16.6. The second kappa shape index (κ2) is 8.13. The van der Waals surface area contributed by atoms with Crippen molar-refractivity contribution in [1.82, 2.24) is 10.1 Å². The third-order valence-corrected chi connectivity index (χ3v) is 5.14. The summed E-state index contributed by atoms with van der Waals surface area (Å²) in [6, 6.07) is 31.8. The zero-order valence-electron chi connectivity index (χ0n) is 16.6. The summed E-state index contributed by atoms with van der Waals surface area (Å²) in [4.78, 5) is 4.59. The first-order valence-electron chi connectivity index (χ1n) is 9.95. The number of hydrogen-bond donors (Lipinski definition) is 1. The number of nitriles is 1. The smallest absolute Gasteiger partial charge is 0.231 e. The first-order chi connectivity index (χ1) is 15.3. The molecule has 5 heteroatoms. The Balaban J connectivity index is 1.32.